The highest BCUT2D eigenvalue weighted by molar-refractivity contribution is 5.89. The number of carbonyl (C=O) groups excluding carboxylic acids is 1. The predicted octanol–water partition coefficient (Wildman–Crippen LogP) is 11.9. The van der Waals surface area contributed by atoms with Gasteiger partial charge in [0.15, 0.2) is 0 Å². The summed E-state index contributed by atoms with van der Waals surface area (Å²) in [7, 11) is 0. The zero-order chi connectivity index (χ0) is 38.9. The molecule has 0 bridgehead atoms. The van der Waals surface area contributed by atoms with Crippen molar-refractivity contribution < 1.29 is 88.9 Å². The minimum atomic E-state index is -8.67. The van der Waals surface area contributed by atoms with Crippen LogP contribution in [0.15, 0.2) is 24.3 Å². The zero-order valence-corrected chi connectivity index (χ0v) is 26.4. The SMILES string of the molecule is CCCCCCCCCCCCCOC(=O)c1ccc(OCCC(F)(F)C(F)(F)C(F)(F)C(F)(F)C(F)(F)C(F)(F)C(F)(F)C(F)(F)F)cc1. The maximum absolute atomic E-state index is 14.0. The van der Waals surface area contributed by atoms with E-state index >= 15 is 0 Å². The van der Waals surface area contributed by atoms with Gasteiger partial charge in [-0.15, -0.1) is 0 Å². The molecule has 0 saturated carbocycles. The average molecular weight is 767 g/mol. The second kappa shape index (κ2) is 17.2. The molecule has 0 N–H and O–H groups in total. The molecule has 3 nitrogen and oxygen atoms in total. The van der Waals surface area contributed by atoms with E-state index in [0.717, 1.165) is 56.4 Å². The van der Waals surface area contributed by atoms with Crippen molar-refractivity contribution >= 4 is 5.97 Å². The molecule has 0 aliphatic heterocycles. The molecule has 1 aromatic carbocycles. The third kappa shape index (κ3) is 9.79. The van der Waals surface area contributed by atoms with Gasteiger partial charge in [0.1, 0.15) is 5.75 Å². The topological polar surface area (TPSA) is 35.5 Å². The number of ether oxygens (including phenoxy) is 2. The summed E-state index contributed by atoms with van der Waals surface area (Å²) in [5, 5.41) is 0. The summed E-state index contributed by atoms with van der Waals surface area (Å²) in [5.74, 6) is -58.1. The minimum absolute atomic E-state index is 0.0510. The fourth-order valence-corrected chi connectivity index (χ4v) is 4.35. The molecule has 0 spiro atoms. The van der Waals surface area contributed by atoms with E-state index in [4.69, 9.17) is 4.74 Å². The quantitative estimate of drug-likeness (QED) is 0.0632. The zero-order valence-electron chi connectivity index (χ0n) is 26.4. The molecule has 1 rings (SSSR count). The Bertz CT molecular complexity index is 1180. The molecule has 0 aliphatic rings. The van der Waals surface area contributed by atoms with Gasteiger partial charge in [0.05, 0.1) is 25.2 Å². The van der Waals surface area contributed by atoms with Crippen LogP contribution in [0.25, 0.3) is 0 Å². The lowest BCUT2D eigenvalue weighted by Gasteiger charge is -2.42. The number of halogens is 17. The number of unbranched alkanes of at least 4 members (excludes halogenated alkanes) is 10. The first-order chi connectivity index (χ1) is 22.7. The largest absolute Gasteiger partial charge is 0.493 e. The number of benzene rings is 1. The van der Waals surface area contributed by atoms with E-state index in [1.165, 1.54) is 32.1 Å². The Morgan fingerprint density at radius 2 is 0.880 bits per heavy atom. The standard InChI is InChI=1S/C30H35F17O3/c1-2-3-4-5-6-7-8-9-10-11-12-18-50-22(48)20-13-15-21(16-14-20)49-19-17-23(31,32)24(33,34)25(35,36)26(37,38)27(39,40)28(41,42)29(43,44)30(45,46)47/h13-16H,2-12,17-19H2,1H3. The van der Waals surface area contributed by atoms with Crippen LogP contribution in [0.4, 0.5) is 74.6 Å². The van der Waals surface area contributed by atoms with Gasteiger partial charge in [0.25, 0.3) is 0 Å². The maximum Gasteiger partial charge on any atom is 0.460 e. The lowest BCUT2D eigenvalue weighted by atomic mass is 9.88. The van der Waals surface area contributed by atoms with Crippen molar-refractivity contribution in [3.05, 3.63) is 29.8 Å². The first-order valence-electron chi connectivity index (χ1n) is 15.3. The van der Waals surface area contributed by atoms with Gasteiger partial charge < -0.3 is 9.47 Å². The molecule has 0 aromatic heterocycles. The van der Waals surface area contributed by atoms with Crippen LogP contribution in [0.2, 0.25) is 0 Å². The number of esters is 1. The first-order valence-corrected chi connectivity index (χ1v) is 15.3. The van der Waals surface area contributed by atoms with E-state index < -0.39 is 72.4 Å². The molecule has 1 aromatic rings. The summed E-state index contributed by atoms with van der Waals surface area (Å²) >= 11 is 0. The van der Waals surface area contributed by atoms with Crippen LogP contribution in [0.1, 0.15) is 94.3 Å². The van der Waals surface area contributed by atoms with E-state index in [0.29, 0.717) is 6.42 Å². The third-order valence-electron chi connectivity index (χ3n) is 7.54. The molecule has 0 fully saturated rings. The highest BCUT2D eigenvalue weighted by Crippen LogP contribution is 2.64. The molecule has 0 heterocycles. The van der Waals surface area contributed by atoms with Crippen LogP contribution >= 0.6 is 0 Å². The van der Waals surface area contributed by atoms with Crippen LogP contribution < -0.4 is 4.74 Å². The molecule has 0 aliphatic carbocycles. The molecule has 0 unspecified atom stereocenters. The van der Waals surface area contributed by atoms with E-state index in [2.05, 4.69) is 11.7 Å². The minimum Gasteiger partial charge on any atom is -0.493 e. The molecule has 0 amide bonds. The summed E-state index contributed by atoms with van der Waals surface area (Å²) in [5.41, 5.74) is -0.118. The van der Waals surface area contributed by atoms with Crippen molar-refractivity contribution in [1.82, 2.24) is 0 Å². The highest BCUT2D eigenvalue weighted by atomic mass is 19.4. The van der Waals surface area contributed by atoms with Gasteiger partial charge in [0, 0.05) is 0 Å². The van der Waals surface area contributed by atoms with E-state index in [1.54, 1.807) is 0 Å². The summed E-state index contributed by atoms with van der Waals surface area (Å²) in [6, 6.07) is 3.69. The molecule has 0 atom stereocenters. The molecular weight excluding hydrogens is 731 g/mol. The van der Waals surface area contributed by atoms with Crippen LogP contribution in [-0.2, 0) is 4.74 Å². The van der Waals surface area contributed by atoms with Crippen LogP contribution in [0.5, 0.6) is 5.75 Å². The molecular formula is C30H35F17O3. The summed E-state index contributed by atoms with van der Waals surface area (Å²) in [4.78, 5) is 12.1. The first kappa shape index (κ1) is 45.3. The van der Waals surface area contributed by atoms with Gasteiger partial charge in [-0.25, -0.2) is 4.79 Å². The van der Waals surface area contributed by atoms with Gasteiger partial charge in [-0.1, -0.05) is 71.1 Å². The van der Waals surface area contributed by atoms with Gasteiger partial charge in [-0.05, 0) is 30.7 Å². The molecule has 292 valence electrons. The number of hydrogen-bond acceptors (Lipinski definition) is 3. The van der Waals surface area contributed by atoms with Gasteiger partial charge >= 0.3 is 53.6 Å². The monoisotopic (exact) mass is 766 g/mol. The van der Waals surface area contributed by atoms with E-state index in [1.807, 2.05) is 0 Å². The van der Waals surface area contributed by atoms with Crippen LogP contribution in [-0.4, -0.2) is 66.8 Å². The van der Waals surface area contributed by atoms with Crippen molar-refractivity contribution in [1.29, 1.82) is 0 Å². The van der Waals surface area contributed by atoms with Crippen molar-refractivity contribution in [3.8, 4) is 5.75 Å². The maximum atomic E-state index is 14.0. The Kier molecular flexibility index (Phi) is 15.6. The second-order valence-electron chi connectivity index (χ2n) is 11.4. The van der Waals surface area contributed by atoms with Gasteiger partial charge in [-0.2, -0.15) is 74.6 Å². The molecule has 0 radical (unpaired) electrons. The Hall–Kier alpha value is -2.70. The van der Waals surface area contributed by atoms with E-state index in [9.17, 15) is 79.4 Å². The Balaban J connectivity index is 2.74. The molecule has 50 heavy (non-hydrogen) atoms. The van der Waals surface area contributed by atoms with Crippen LogP contribution in [0, 0.1) is 0 Å². The summed E-state index contributed by atoms with van der Waals surface area (Å²) in [6.45, 7) is 0.398. The normalized spacial score (nSPS) is 14.2. The fourth-order valence-electron chi connectivity index (χ4n) is 4.35. The Morgan fingerprint density at radius 1 is 0.500 bits per heavy atom. The predicted molar refractivity (Wildman–Crippen MR) is 144 cm³/mol. The Labute approximate surface area is 275 Å². The summed E-state index contributed by atoms with van der Waals surface area (Å²) < 4.78 is 237. The fraction of sp³-hybridized carbons (Fsp3) is 0.767. The van der Waals surface area contributed by atoms with Crippen molar-refractivity contribution in [2.45, 2.75) is 132 Å². The van der Waals surface area contributed by atoms with Gasteiger partial charge in [-0.3, -0.25) is 0 Å². The molecule has 20 heteroatoms. The second-order valence-corrected chi connectivity index (χ2v) is 11.4. The average Bonchev–Trinajstić information content (AvgIpc) is 3.00. The smallest absolute Gasteiger partial charge is 0.460 e. The lowest BCUT2D eigenvalue weighted by Crippen LogP contribution is -2.74. The van der Waals surface area contributed by atoms with Crippen LogP contribution in [0.3, 0.4) is 0 Å². The third-order valence-corrected chi connectivity index (χ3v) is 7.54. The van der Waals surface area contributed by atoms with E-state index in [-0.39, 0.29) is 12.2 Å². The van der Waals surface area contributed by atoms with Gasteiger partial charge in [0.2, 0.25) is 0 Å². The van der Waals surface area contributed by atoms with Crippen molar-refractivity contribution in [2.24, 2.45) is 0 Å². The van der Waals surface area contributed by atoms with Crippen molar-refractivity contribution in [3.63, 3.8) is 0 Å². The Morgan fingerprint density at radius 3 is 1.30 bits per heavy atom. The number of hydrogen-bond donors (Lipinski definition) is 0. The number of rotatable bonds is 23. The van der Waals surface area contributed by atoms with Crippen molar-refractivity contribution in [2.75, 3.05) is 13.2 Å². The summed E-state index contributed by atoms with van der Waals surface area (Å²) in [6.07, 6.45) is 0.938. The number of alkyl halides is 17. The molecule has 0 saturated heterocycles. The lowest BCUT2D eigenvalue weighted by molar-refractivity contribution is -0.461. The highest BCUT2D eigenvalue weighted by Gasteiger charge is 2.95. The number of carbonyl (C=O) groups is 1.